The van der Waals surface area contributed by atoms with Crippen molar-refractivity contribution in [2.24, 2.45) is 0 Å². The Morgan fingerprint density at radius 1 is 1.39 bits per heavy atom. The third kappa shape index (κ3) is 2.99. The van der Waals surface area contributed by atoms with Gasteiger partial charge in [-0.15, -0.1) is 5.10 Å². The van der Waals surface area contributed by atoms with Gasteiger partial charge in [-0.1, -0.05) is 30.3 Å². The SMILES string of the molecule is O=C(O)CSN(O)c1n[nH]c(-c2ccccc2)n1. The van der Waals surface area contributed by atoms with E-state index in [1.807, 2.05) is 30.3 Å². The monoisotopic (exact) mass is 266 g/mol. The summed E-state index contributed by atoms with van der Waals surface area (Å²) in [5.74, 6) is -0.787. The number of hydrogen-bond acceptors (Lipinski definition) is 6. The highest BCUT2D eigenvalue weighted by atomic mass is 32.2. The van der Waals surface area contributed by atoms with Gasteiger partial charge in [-0.25, -0.2) is 0 Å². The Bertz CT molecular complexity index is 531. The number of aliphatic carboxylic acids is 1. The van der Waals surface area contributed by atoms with Crippen LogP contribution >= 0.6 is 11.9 Å². The summed E-state index contributed by atoms with van der Waals surface area (Å²) in [5, 5.41) is 24.5. The van der Waals surface area contributed by atoms with Gasteiger partial charge in [-0.3, -0.25) is 15.1 Å². The molecule has 7 nitrogen and oxygen atoms in total. The quantitative estimate of drug-likeness (QED) is 0.555. The van der Waals surface area contributed by atoms with Crippen LogP contribution in [0.25, 0.3) is 11.4 Å². The van der Waals surface area contributed by atoms with E-state index in [0.717, 1.165) is 5.56 Å². The van der Waals surface area contributed by atoms with Crippen molar-refractivity contribution in [2.75, 3.05) is 10.2 Å². The molecule has 0 radical (unpaired) electrons. The molecule has 94 valence electrons. The number of nitrogens with zero attached hydrogens (tertiary/aromatic N) is 3. The number of rotatable bonds is 5. The summed E-state index contributed by atoms with van der Waals surface area (Å²) >= 11 is 0.690. The maximum absolute atomic E-state index is 10.4. The van der Waals surface area contributed by atoms with E-state index in [1.165, 1.54) is 0 Å². The van der Waals surface area contributed by atoms with Gasteiger partial charge in [0.15, 0.2) is 5.82 Å². The van der Waals surface area contributed by atoms with E-state index in [9.17, 15) is 10.0 Å². The van der Waals surface area contributed by atoms with Crippen molar-refractivity contribution in [3.05, 3.63) is 30.3 Å². The molecular formula is C10H10N4O3S. The molecule has 0 atom stereocenters. The molecule has 8 heteroatoms. The minimum absolute atomic E-state index is 0.0140. The zero-order valence-electron chi connectivity index (χ0n) is 9.15. The molecule has 2 rings (SSSR count). The molecule has 0 saturated heterocycles. The number of anilines is 1. The Labute approximate surface area is 107 Å². The fourth-order valence-corrected chi connectivity index (χ4v) is 1.67. The fourth-order valence-electron chi connectivity index (χ4n) is 1.24. The number of carboxylic acid groups (broad SMARTS) is 1. The van der Waals surface area contributed by atoms with Crippen LogP contribution in [0.4, 0.5) is 5.95 Å². The molecule has 0 spiro atoms. The summed E-state index contributed by atoms with van der Waals surface area (Å²) in [6.45, 7) is 0. The van der Waals surface area contributed by atoms with Gasteiger partial charge in [0, 0.05) is 5.56 Å². The van der Waals surface area contributed by atoms with Gasteiger partial charge in [0.05, 0.1) is 0 Å². The number of aromatic amines is 1. The van der Waals surface area contributed by atoms with Crippen molar-refractivity contribution in [1.29, 1.82) is 0 Å². The molecule has 0 amide bonds. The lowest BCUT2D eigenvalue weighted by Gasteiger charge is -2.07. The van der Waals surface area contributed by atoms with Crippen LogP contribution in [0.2, 0.25) is 0 Å². The number of carboxylic acids is 1. The van der Waals surface area contributed by atoms with Crippen LogP contribution in [0, 0.1) is 0 Å². The molecule has 1 heterocycles. The number of nitrogens with one attached hydrogen (secondary N) is 1. The Morgan fingerprint density at radius 2 is 2.11 bits per heavy atom. The van der Waals surface area contributed by atoms with Gasteiger partial charge in [-0.05, 0) is 11.9 Å². The van der Waals surface area contributed by atoms with Crippen LogP contribution < -0.4 is 4.47 Å². The van der Waals surface area contributed by atoms with Crippen LogP contribution in [-0.4, -0.2) is 37.2 Å². The first kappa shape index (κ1) is 12.4. The minimum atomic E-state index is -1.03. The molecule has 0 saturated carbocycles. The first-order chi connectivity index (χ1) is 8.66. The lowest BCUT2D eigenvalue weighted by Crippen LogP contribution is -2.13. The molecule has 1 aromatic carbocycles. The third-order valence-corrected chi connectivity index (χ3v) is 2.79. The normalized spacial score (nSPS) is 10.3. The zero-order chi connectivity index (χ0) is 13.0. The third-order valence-electron chi connectivity index (χ3n) is 2.00. The predicted octanol–water partition coefficient (Wildman–Crippen LogP) is 1.40. The van der Waals surface area contributed by atoms with Crippen molar-refractivity contribution < 1.29 is 15.1 Å². The van der Waals surface area contributed by atoms with E-state index in [2.05, 4.69) is 15.2 Å². The summed E-state index contributed by atoms with van der Waals surface area (Å²) in [4.78, 5) is 14.4. The van der Waals surface area contributed by atoms with Crippen LogP contribution in [0.1, 0.15) is 0 Å². The highest BCUT2D eigenvalue weighted by Crippen LogP contribution is 2.19. The molecule has 1 aromatic heterocycles. The number of carbonyl (C=O) groups is 1. The standard InChI is InChI=1S/C10H10N4O3S/c15-8(16)6-18-14(17)10-11-9(12-13-10)7-4-2-1-3-5-7/h1-5,17H,6H2,(H,15,16)(H,11,12,13). The highest BCUT2D eigenvalue weighted by molar-refractivity contribution is 8.01. The van der Waals surface area contributed by atoms with Crippen LogP contribution in [0.5, 0.6) is 0 Å². The maximum atomic E-state index is 10.4. The van der Waals surface area contributed by atoms with Gasteiger partial charge in [0.2, 0.25) is 0 Å². The summed E-state index contributed by atoms with van der Waals surface area (Å²) in [6, 6.07) is 9.27. The number of H-pyrrole nitrogens is 1. The molecule has 18 heavy (non-hydrogen) atoms. The molecule has 2 aromatic rings. The van der Waals surface area contributed by atoms with Crippen molar-refractivity contribution in [3.63, 3.8) is 0 Å². The average molecular weight is 266 g/mol. The molecular weight excluding hydrogens is 256 g/mol. The van der Waals surface area contributed by atoms with E-state index in [1.54, 1.807) is 0 Å². The number of aromatic nitrogens is 3. The molecule has 0 fully saturated rings. The van der Waals surface area contributed by atoms with Gasteiger partial charge in [0.25, 0.3) is 5.95 Å². The predicted molar refractivity (Wildman–Crippen MR) is 66.2 cm³/mol. The molecule has 0 unspecified atom stereocenters. The summed E-state index contributed by atoms with van der Waals surface area (Å²) in [5.41, 5.74) is 0.827. The Kier molecular flexibility index (Phi) is 3.80. The van der Waals surface area contributed by atoms with Crippen molar-refractivity contribution in [2.45, 2.75) is 0 Å². The first-order valence-electron chi connectivity index (χ1n) is 4.98. The van der Waals surface area contributed by atoms with Crippen molar-refractivity contribution in [3.8, 4) is 11.4 Å². The van der Waals surface area contributed by atoms with Crippen LogP contribution in [0.15, 0.2) is 30.3 Å². The molecule has 3 N–H and O–H groups in total. The van der Waals surface area contributed by atoms with E-state index in [4.69, 9.17) is 5.11 Å². The van der Waals surface area contributed by atoms with Gasteiger partial charge in [0.1, 0.15) is 5.75 Å². The largest absolute Gasteiger partial charge is 0.481 e. The topological polar surface area (TPSA) is 102 Å². The zero-order valence-corrected chi connectivity index (χ0v) is 9.96. The smallest absolute Gasteiger partial charge is 0.315 e. The van der Waals surface area contributed by atoms with Crippen molar-refractivity contribution in [1.82, 2.24) is 15.2 Å². The van der Waals surface area contributed by atoms with Crippen LogP contribution in [-0.2, 0) is 4.79 Å². The summed E-state index contributed by atoms with van der Waals surface area (Å²) in [6.07, 6.45) is 0. The summed E-state index contributed by atoms with van der Waals surface area (Å²) < 4.78 is 0.622. The van der Waals surface area contributed by atoms with E-state index >= 15 is 0 Å². The second-order valence-electron chi connectivity index (χ2n) is 3.29. The molecule has 0 bridgehead atoms. The average Bonchev–Trinajstić information content (AvgIpc) is 2.86. The van der Waals surface area contributed by atoms with E-state index in [-0.39, 0.29) is 11.7 Å². The minimum Gasteiger partial charge on any atom is -0.481 e. The Balaban J connectivity index is 2.08. The van der Waals surface area contributed by atoms with E-state index < -0.39 is 5.97 Å². The molecule has 0 aliphatic rings. The Morgan fingerprint density at radius 3 is 2.78 bits per heavy atom. The molecule has 0 aliphatic carbocycles. The molecule has 0 aliphatic heterocycles. The van der Waals surface area contributed by atoms with Gasteiger partial charge in [-0.2, -0.15) is 9.45 Å². The Hall–Kier alpha value is -2.06. The fraction of sp³-hybridized carbons (Fsp3) is 0.100. The lowest BCUT2D eigenvalue weighted by molar-refractivity contribution is -0.133. The second kappa shape index (κ2) is 5.52. The van der Waals surface area contributed by atoms with Crippen molar-refractivity contribution >= 4 is 23.9 Å². The highest BCUT2D eigenvalue weighted by Gasteiger charge is 2.13. The number of hydrogen-bond donors (Lipinski definition) is 3. The summed E-state index contributed by atoms with van der Waals surface area (Å²) in [7, 11) is 0. The first-order valence-corrected chi connectivity index (χ1v) is 5.92. The number of benzene rings is 1. The lowest BCUT2D eigenvalue weighted by atomic mass is 10.2. The maximum Gasteiger partial charge on any atom is 0.315 e. The van der Waals surface area contributed by atoms with Gasteiger partial charge >= 0.3 is 5.97 Å². The second-order valence-corrected chi connectivity index (χ2v) is 4.18. The van der Waals surface area contributed by atoms with Crippen LogP contribution in [0.3, 0.4) is 0 Å². The van der Waals surface area contributed by atoms with Gasteiger partial charge < -0.3 is 5.11 Å². The van der Waals surface area contributed by atoms with E-state index in [0.29, 0.717) is 22.2 Å².